The van der Waals surface area contributed by atoms with Gasteiger partial charge in [0.15, 0.2) is 5.03 Å². The Bertz CT molecular complexity index is 913. The molecule has 2 N–H and O–H groups in total. The Labute approximate surface area is 163 Å². The van der Waals surface area contributed by atoms with E-state index in [0.717, 1.165) is 32.1 Å². The molecule has 0 aliphatic heterocycles. The van der Waals surface area contributed by atoms with Crippen LogP contribution in [-0.4, -0.2) is 30.6 Å². The second-order valence-corrected chi connectivity index (χ2v) is 8.93. The molecular formula is C19H21ClN2O4S. The molecule has 1 heterocycles. The van der Waals surface area contributed by atoms with Gasteiger partial charge >= 0.3 is 0 Å². The number of benzene rings is 1. The van der Waals surface area contributed by atoms with Gasteiger partial charge in [-0.3, -0.25) is 4.79 Å². The monoisotopic (exact) mass is 408 g/mol. The standard InChI is InChI=1S/C19H21ClN2O4S/c20-16-10-9-14(27(25,26)17-8-4-5-11-21-17)12-15(16)19(24)22-18(23)13-6-2-1-3-7-13/h4-5,8-13,18,23H,1-3,6-7H2,(H,22,24). The summed E-state index contributed by atoms with van der Waals surface area (Å²) in [5, 5.41) is 12.9. The zero-order chi connectivity index (χ0) is 19.4. The second-order valence-electron chi connectivity index (χ2n) is 6.63. The highest BCUT2D eigenvalue weighted by atomic mass is 35.5. The van der Waals surface area contributed by atoms with Gasteiger partial charge in [0.25, 0.3) is 5.91 Å². The summed E-state index contributed by atoms with van der Waals surface area (Å²) in [7, 11) is -3.87. The van der Waals surface area contributed by atoms with E-state index < -0.39 is 22.0 Å². The average Bonchev–Trinajstić information content (AvgIpc) is 2.69. The highest BCUT2D eigenvalue weighted by Crippen LogP contribution is 2.27. The molecule has 1 amide bonds. The van der Waals surface area contributed by atoms with Crippen LogP contribution in [0.3, 0.4) is 0 Å². The first-order chi connectivity index (χ1) is 12.9. The third-order valence-corrected chi connectivity index (χ3v) is 6.78. The van der Waals surface area contributed by atoms with Crippen molar-refractivity contribution in [1.82, 2.24) is 10.3 Å². The summed E-state index contributed by atoms with van der Waals surface area (Å²) in [4.78, 5) is 16.4. The number of aromatic nitrogens is 1. The van der Waals surface area contributed by atoms with Crippen molar-refractivity contribution in [1.29, 1.82) is 0 Å². The molecule has 144 valence electrons. The fraction of sp³-hybridized carbons (Fsp3) is 0.368. The van der Waals surface area contributed by atoms with Gasteiger partial charge in [-0.15, -0.1) is 0 Å². The first-order valence-electron chi connectivity index (χ1n) is 8.84. The summed E-state index contributed by atoms with van der Waals surface area (Å²) in [6.45, 7) is 0. The molecule has 1 aromatic heterocycles. The minimum absolute atomic E-state index is 0.00177. The molecule has 1 unspecified atom stereocenters. The minimum Gasteiger partial charge on any atom is -0.373 e. The number of hydrogen-bond acceptors (Lipinski definition) is 5. The molecule has 0 radical (unpaired) electrons. The number of sulfone groups is 1. The molecule has 0 saturated heterocycles. The van der Waals surface area contributed by atoms with Crippen LogP contribution in [0.5, 0.6) is 0 Å². The Balaban J connectivity index is 1.84. The molecular weight excluding hydrogens is 388 g/mol. The van der Waals surface area contributed by atoms with Crippen molar-refractivity contribution in [2.45, 2.75) is 48.3 Å². The van der Waals surface area contributed by atoms with E-state index in [-0.39, 0.29) is 26.4 Å². The zero-order valence-corrected chi connectivity index (χ0v) is 16.2. The van der Waals surface area contributed by atoms with Gasteiger partial charge in [-0.2, -0.15) is 0 Å². The van der Waals surface area contributed by atoms with Crippen LogP contribution >= 0.6 is 11.6 Å². The van der Waals surface area contributed by atoms with Crippen LogP contribution < -0.4 is 5.32 Å². The van der Waals surface area contributed by atoms with Crippen molar-refractivity contribution in [3.05, 3.63) is 53.2 Å². The largest absolute Gasteiger partial charge is 0.373 e. The van der Waals surface area contributed by atoms with Crippen molar-refractivity contribution in [3.8, 4) is 0 Å². The average molecular weight is 409 g/mol. The van der Waals surface area contributed by atoms with Gasteiger partial charge in [-0.05, 0) is 43.2 Å². The van der Waals surface area contributed by atoms with E-state index in [1.54, 1.807) is 12.1 Å². The lowest BCUT2D eigenvalue weighted by molar-refractivity contribution is 0.0463. The van der Waals surface area contributed by atoms with Crippen LogP contribution in [0.4, 0.5) is 0 Å². The fourth-order valence-corrected chi connectivity index (χ4v) is 4.67. The van der Waals surface area contributed by atoms with E-state index in [0.29, 0.717) is 0 Å². The Hall–Kier alpha value is -1.96. The predicted molar refractivity (Wildman–Crippen MR) is 101 cm³/mol. The maximum atomic E-state index is 12.7. The molecule has 27 heavy (non-hydrogen) atoms. The quantitative estimate of drug-likeness (QED) is 0.740. The zero-order valence-electron chi connectivity index (χ0n) is 14.6. The molecule has 8 heteroatoms. The minimum atomic E-state index is -3.87. The molecule has 0 bridgehead atoms. The van der Waals surface area contributed by atoms with Crippen molar-refractivity contribution in [3.63, 3.8) is 0 Å². The Morgan fingerprint density at radius 1 is 1.19 bits per heavy atom. The van der Waals surface area contributed by atoms with Crippen LogP contribution in [0, 0.1) is 5.92 Å². The first kappa shape index (κ1) is 19.8. The van der Waals surface area contributed by atoms with Gasteiger partial charge in [0, 0.05) is 12.1 Å². The van der Waals surface area contributed by atoms with E-state index in [9.17, 15) is 18.3 Å². The van der Waals surface area contributed by atoms with Crippen molar-refractivity contribution in [2.24, 2.45) is 5.92 Å². The van der Waals surface area contributed by atoms with Gasteiger partial charge in [0.1, 0.15) is 6.23 Å². The van der Waals surface area contributed by atoms with E-state index >= 15 is 0 Å². The molecule has 1 aliphatic carbocycles. The number of pyridine rings is 1. The highest BCUT2D eigenvalue weighted by molar-refractivity contribution is 7.91. The SMILES string of the molecule is O=C(NC(O)C1CCCCC1)c1cc(S(=O)(=O)c2ccccn2)ccc1Cl. The van der Waals surface area contributed by atoms with Gasteiger partial charge in [0.05, 0.1) is 15.5 Å². The number of carbonyl (C=O) groups is 1. The number of aliphatic hydroxyl groups excluding tert-OH is 1. The van der Waals surface area contributed by atoms with Crippen molar-refractivity contribution >= 4 is 27.3 Å². The first-order valence-corrected chi connectivity index (χ1v) is 10.7. The molecule has 0 spiro atoms. The number of amides is 1. The highest BCUT2D eigenvalue weighted by Gasteiger charge is 2.26. The molecule has 3 rings (SSSR count). The molecule has 6 nitrogen and oxygen atoms in total. The van der Waals surface area contributed by atoms with E-state index in [4.69, 9.17) is 11.6 Å². The van der Waals surface area contributed by atoms with E-state index in [2.05, 4.69) is 10.3 Å². The van der Waals surface area contributed by atoms with Crippen LogP contribution in [0.15, 0.2) is 52.5 Å². The topological polar surface area (TPSA) is 96.4 Å². The number of rotatable bonds is 5. The second kappa shape index (κ2) is 8.37. The maximum absolute atomic E-state index is 12.7. The van der Waals surface area contributed by atoms with E-state index in [1.165, 1.54) is 30.5 Å². The summed E-state index contributed by atoms with van der Waals surface area (Å²) >= 11 is 6.10. The van der Waals surface area contributed by atoms with Crippen molar-refractivity contribution < 1.29 is 18.3 Å². The smallest absolute Gasteiger partial charge is 0.254 e. The summed E-state index contributed by atoms with van der Waals surface area (Å²) < 4.78 is 25.4. The van der Waals surface area contributed by atoms with Gasteiger partial charge in [0.2, 0.25) is 9.84 Å². The molecule has 1 atom stereocenters. The fourth-order valence-electron chi connectivity index (χ4n) is 3.25. The number of carbonyl (C=O) groups excluding carboxylic acids is 1. The van der Waals surface area contributed by atoms with E-state index in [1.807, 2.05) is 0 Å². The van der Waals surface area contributed by atoms with Crippen LogP contribution in [0.1, 0.15) is 42.5 Å². The molecule has 1 saturated carbocycles. The predicted octanol–water partition coefficient (Wildman–Crippen LogP) is 3.20. The van der Waals surface area contributed by atoms with Crippen LogP contribution in [0.25, 0.3) is 0 Å². The van der Waals surface area contributed by atoms with Crippen LogP contribution in [-0.2, 0) is 9.84 Å². The molecule has 1 aromatic carbocycles. The molecule has 2 aromatic rings. The Morgan fingerprint density at radius 3 is 2.59 bits per heavy atom. The van der Waals surface area contributed by atoms with Gasteiger partial charge < -0.3 is 10.4 Å². The van der Waals surface area contributed by atoms with Gasteiger partial charge in [-0.25, -0.2) is 13.4 Å². The lowest BCUT2D eigenvalue weighted by Crippen LogP contribution is -2.41. The summed E-state index contributed by atoms with van der Waals surface area (Å²) in [6.07, 6.45) is 5.29. The summed E-state index contributed by atoms with van der Waals surface area (Å²) in [5.41, 5.74) is 0.00327. The molecule has 1 aliphatic rings. The third-order valence-electron chi connectivity index (χ3n) is 4.78. The lowest BCUT2D eigenvalue weighted by atomic mass is 9.88. The summed E-state index contributed by atoms with van der Waals surface area (Å²) in [6, 6.07) is 8.49. The van der Waals surface area contributed by atoms with Crippen molar-refractivity contribution in [2.75, 3.05) is 0 Å². The number of halogens is 1. The molecule has 1 fully saturated rings. The maximum Gasteiger partial charge on any atom is 0.254 e. The Morgan fingerprint density at radius 2 is 1.93 bits per heavy atom. The lowest BCUT2D eigenvalue weighted by Gasteiger charge is -2.27. The van der Waals surface area contributed by atoms with Crippen LogP contribution in [0.2, 0.25) is 5.02 Å². The number of nitrogens with zero attached hydrogens (tertiary/aromatic N) is 1. The Kier molecular flexibility index (Phi) is 6.14. The third kappa shape index (κ3) is 4.48. The number of nitrogens with one attached hydrogen (secondary N) is 1. The normalized spacial score (nSPS) is 16.7. The summed E-state index contributed by atoms with van der Waals surface area (Å²) in [5.74, 6) is -0.599. The number of aliphatic hydroxyl groups is 1. The number of hydrogen-bond donors (Lipinski definition) is 2. The van der Waals surface area contributed by atoms with Gasteiger partial charge in [-0.1, -0.05) is 36.9 Å².